The Balaban J connectivity index is 1.88. The molecule has 0 bridgehead atoms. The molecule has 26 heavy (non-hydrogen) atoms. The molecule has 1 saturated heterocycles. The number of benzene rings is 1. The zero-order valence-corrected chi connectivity index (χ0v) is 16.0. The zero-order valence-electron chi connectivity index (χ0n) is 15.2. The second kappa shape index (κ2) is 6.57. The molecule has 2 atom stereocenters. The summed E-state index contributed by atoms with van der Waals surface area (Å²) in [5.41, 5.74) is 5.86. The maximum Gasteiger partial charge on any atom is 0.174 e. The van der Waals surface area contributed by atoms with E-state index in [0.717, 1.165) is 16.5 Å². The molecule has 5 heteroatoms. The minimum Gasteiger partial charge on any atom is -0.352 e. The molecule has 0 unspecified atom stereocenters. The standard InChI is InChI=1S/C21H22N4S/c1-14-13-17(15(2)24(14)3)20-19(18-11-7-8-12-22-18)23-21(26)25(20)16-9-5-4-6-10-16/h4-13,19-20H,1-3H3,(H,23,26)/t19-,20-/m0/s1. The van der Waals surface area contributed by atoms with Gasteiger partial charge >= 0.3 is 0 Å². The van der Waals surface area contributed by atoms with Crippen LogP contribution in [0.25, 0.3) is 0 Å². The van der Waals surface area contributed by atoms with E-state index in [-0.39, 0.29) is 12.1 Å². The average Bonchev–Trinajstić information content (AvgIpc) is 3.14. The van der Waals surface area contributed by atoms with Gasteiger partial charge in [0.25, 0.3) is 0 Å². The highest BCUT2D eigenvalue weighted by Gasteiger charge is 2.41. The van der Waals surface area contributed by atoms with E-state index in [1.54, 1.807) is 0 Å². The number of pyridine rings is 1. The Morgan fingerprint density at radius 2 is 1.77 bits per heavy atom. The molecule has 4 nitrogen and oxygen atoms in total. The van der Waals surface area contributed by atoms with Gasteiger partial charge in [-0.3, -0.25) is 4.98 Å². The normalized spacial score (nSPS) is 19.7. The monoisotopic (exact) mass is 362 g/mol. The van der Waals surface area contributed by atoms with Gasteiger partial charge in [0, 0.05) is 30.3 Å². The fourth-order valence-electron chi connectivity index (χ4n) is 3.72. The number of aromatic nitrogens is 2. The third-order valence-electron chi connectivity index (χ3n) is 5.27. The van der Waals surface area contributed by atoms with Crippen LogP contribution < -0.4 is 10.2 Å². The first-order valence-electron chi connectivity index (χ1n) is 8.76. The van der Waals surface area contributed by atoms with E-state index in [0.29, 0.717) is 0 Å². The van der Waals surface area contributed by atoms with Crippen LogP contribution in [-0.2, 0) is 7.05 Å². The second-order valence-corrected chi connectivity index (χ2v) is 7.10. The highest BCUT2D eigenvalue weighted by Crippen LogP contribution is 2.42. The lowest BCUT2D eigenvalue weighted by atomic mass is 9.96. The van der Waals surface area contributed by atoms with Gasteiger partial charge in [-0.1, -0.05) is 24.3 Å². The molecule has 0 spiro atoms. The predicted molar refractivity (Wildman–Crippen MR) is 109 cm³/mol. The molecule has 1 fully saturated rings. The summed E-state index contributed by atoms with van der Waals surface area (Å²) in [6.07, 6.45) is 1.84. The van der Waals surface area contributed by atoms with E-state index in [1.165, 1.54) is 17.0 Å². The summed E-state index contributed by atoms with van der Waals surface area (Å²) < 4.78 is 2.23. The fourth-order valence-corrected chi connectivity index (χ4v) is 4.07. The van der Waals surface area contributed by atoms with Crippen LogP contribution in [0.1, 0.15) is 34.7 Å². The molecule has 4 rings (SSSR count). The van der Waals surface area contributed by atoms with Crippen molar-refractivity contribution in [1.82, 2.24) is 14.9 Å². The van der Waals surface area contributed by atoms with Crippen molar-refractivity contribution in [3.05, 3.63) is 83.4 Å². The molecule has 3 heterocycles. The maximum atomic E-state index is 5.74. The molecule has 0 radical (unpaired) electrons. The molecule has 0 aliphatic carbocycles. The molecule has 0 amide bonds. The van der Waals surface area contributed by atoms with Crippen molar-refractivity contribution in [3.63, 3.8) is 0 Å². The van der Waals surface area contributed by atoms with Crippen LogP contribution in [0.3, 0.4) is 0 Å². The Morgan fingerprint density at radius 1 is 1.04 bits per heavy atom. The predicted octanol–water partition coefficient (Wildman–Crippen LogP) is 4.21. The van der Waals surface area contributed by atoms with Crippen LogP contribution in [0.5, 0.6) is 0 Å². The molecule has 2 aromatic heterocycles. The van der Waals surface area contributed by atoms with Crippen LogP contribution in [0.15, 0.2) is 60.8 Å². The smallest absolute Gasteiger partial charge is 0.174 e. The lowest BCUT2D eigenvalue weighted by Crippen LogP contribution is -2.29. The Labute approximate surface area is 159 Å². The fraction of sp³-hybridized carbons (Fsp3) is 0.238. The van der Waals surface area contributed by atoms with E-state index in [4.69, 9.17) is 12.2 Å². The quantitative estimate of drug-likeness (QED) is 0.708. The van der Waals surface area contributed by atoms with Gasteiger partial charge in [-0.2, -0.15) is 0 Å². The summed E-state index contributed by atoms with van der Waals surface area (Å²) in [6.45, 7) is 4.31. The summed E-state index contributed by atoms with van der Waals surface area (Å²) in [7, 11) is 2.11. The van der Waals surface area contributed by atoms with Gasteiger partial charge < -0.3 is 14.8 Å². The summed E-state index contributed by atoms with van der Waals surface area (Å²) in [4.78, 5) is 6.82. The van der Waals surface area contributed by atoms with Crippen molar-refractivity contribution in [2.75, 3.05) is 4.90 Å². The van der Waals surface area contributed by atoms with Gasteiger partial charge in [0.2, 0.25) is 0 Å². The Kier molecular flexibility index (Phi) is 4.24. The molecule has 1 aliphatic rings. The van der Waals surface area contributed by atoms with Gasteiger partial charge in [-0.25, -0.2) is 0 Å². The summed E-state index contributed by atoms with van der Waals surface area (Å²) >= 11 is 5.74. The third-order valence-corrected chi connectivity index (χ3v) is 5.58. The highest BCUT2D eigenvalue weighted by molar-refractivity contribution is 7.80. The number of para-hydroxylation sites is 1. The van der Waals surface area contributed by atoms with Crippen molar-refractivity contribution in [2.45, 2.75) is 25.9 Å². The molecule has 0 saturated carbocycles. The molecular formula is C21H22N4S. The first kappa shape index (κ1) is 16.8. The van der Waals surface area contributed by atoms with E-state index in [9.17, 15) is 0 Å². The lowest BCUT2D eigenvalue weighted by molar-refractivity contribution is 0.564. The van der Waals surface area contributed by atoms with Crippen LogP contribution in [0, 0.1) is 13.8 Å². The third kappa shape index (κ3) is 2.69. The summed E-state index contributed by atoms with van der Waals surface area (Å²) in [5.74, 6) is 0. The van der Waals surface area contributed by atoms with Crippen molar-refractivity contribution < 1.29 is 0 Å². The Morgan fingerprint density at radius 3 is 2.38 bits per heavy atom. The van der Waals surface area contributed by atoms with Crippen LogP contribution in [0.4, 0.5) is 5.69 Å². The number of nitrogens with zero attached hydrogens (tertiary/aromatic N) is 3. The highest BCUT2D eigenvalue weighted by atomic mass is 32.1. The number of thiocarbonyl (C=S) groups is 1. The number of hydrogen-bond acceptors (Lipinski definition) is 2. The van der Waals surface area contributed by atoms with Crippen LogP contribution >= 0.6 is 12.2 Å². The summed E-state index contributed by atoms with van der Waals surface area (Å²) in [6, 6.07) is 18.7. The van der Waals surface area contributed by atoms with Crippen LogP contribution in [0.2, 0.25) is 0 Å². The molecule has 132 valence electrons. The van der Waals surface area contributed by atoms with Crippen LogP contribution in [-0.4, -0.2) is 14.7 Å². The topological polar surface area (TPSA) is 33.1 Å². The SMILES string of the molecule is Cc1cc([C@H]2[C@H](c3ccccn3)NC(=S)N2c2ccccc2)c(C)n1C. The van der Waals surface area contributed by atoms with Crippen molar-refractivity contribution >= 4 is 23.0 Å². The molecule has 1 N–H and O–H groups in total. The van der Waals surface area contributed by atoms with Gasteiger partial charge in [-0.15, -0.1) is 0 Å². The average molecular weight is 363 g/mol. The first-order valence-corrected chi connectivity index (χ1v) is 9.17. The van der Waals surface area contributed by atoms with Crippen molar-refractivity contribution in [1.29, 1.82) is 0 Å². The molecule has 1 aliphatic heterocycles. The minimum absolute atomic E-state index is 0.00408. The number of rotatable bonds is 3. The van der Waals surface area contributed by atoms with E-state index < -0.39 is 0 Å². The van der Waals surface area contributed by atoms with Crippen molar-refractivity contribution in [3.8, 4) is 0 Å². The van der Waals surface area contributed by atoms with Gasteiger partial charge in [0.1, 0.15) is 0 Å². The molecule has 1 aromatic carbocycles. The first-order chi connectivity index (χ1) is 12.6. The number of hydrogen-bond donors (Lipinski definition) is 1. The van der Waals surface area contributed by atoms with Crippen molar-refractivity contribution in [2.24, 2.45) is 7.05 Å². The Hall–Kier alpha value is -2.66. The zero-order chi connectivity index (χ0) is 18.3. The number of aryl methyl sites for hydroxylation is 1. The van der Waals surface area contributed by atoms with E-state index in [1.807, 2.05) is 36.5 Å². The number of anilines is 1. The second-order valence-electron chi connectivity index (χ2n) is 6.72. The van der Waals surface area contributed by atoms with E-state index in [2.05, 4.69) is 64.9 Å². The molecule has 3 aromatic rings. The molecular weight excluding hydrogens is 340 g/mol. The number of nitrogens with one attached hydrogen (secondary N) is 1. The lowest BCUT2D eigenvalue weighted by Gasteiger charge is -2.28. The van der Waals surface area contributed by atoms with Gasteiger partial charge in [0.15, 0.2) is 5.11 Å². The maximum absolute atomic E-state index is 5.74. The Bertz CT molecular complexity index is 933. The van der Waals surface area contributed by atoms with Gasteiger partial charge in [0.05, 0.1) is 17.8 Å². The van der Waals surface area contributed by atoms with E-state index >= 15 is 0 Å². The summed E-state index contributed by atoms with van der Waals surface area (Å²) in [5, 5.41) is 4.24. The largest absolute Gasteiger partial charge is 0.352 e. The van der Waals surface area contributed by atoms with Gasteiger partial charge in [-0.05, 0) is 62.0 Å². The minimum atomic E-state index is 0.00408.